The van der Waals surface area contributed by atoms with Gasteiger partial charge in [-0.3, -0.25) is 0 Å². The minimum Gasteiger partial charge on any atom is -0.165 e. The van der Waals surface area contributed by atoms with E-state index in [0.717, 1.165) is 28.7 Å². The lowest BCUT2D eigenvalue weighted by Gasteiger charge is -2.16. The summed E-state index contributed by atoms with van der Waals surface area (Å²) in [7, 11) is 0. The van der Waals surface area contributed by atoms with E-state index in [2.05, 4.69) is 16.8 Å². The molecule has 0 saturated heterocycles. The van der Waals surface area contributed by atoms with E-state index in [1.165, 1.54) is 0 Å². The van der Waals surface area contributed by atoms with Crippen LogP contribution in [0, 0.1) is 0 Å². The van der Waals surface area contributed by atoms with Crippen LogP contribution in [-0.2, 0) is 0 Å². The third kappa shape index (κ3) is 4.35. The zero-order valence-corrected chi connectivity index (χ0v) is 14.6. The lowest BCUT2D eigenvalue weighted by molar-refractivity contribution is -0.0596. The molecule has 0 bridgehead atoms. The molecule has 2 nitrogen and oxygen atoms in total. The van der Waals surface area contributed by atoms with Crippen LogP contribution < -0.4 is 0 Å². The molecular weight excluding hydrogens is 325 g/mol. The van der Waals surface area contributed by atoms with Crippen molar-refractivity contribution in [3.05, 3.63) is 65.3 Å². The monoisotopic (exact) mass is 346 g/mol. The van der Waals surface area contributed by atoms with E-state index >= 15 is 0 Å². The van der Waals surface area contributed by atoms with E-state index in [-0.39, 0.29) is 6.42 Å². The Kier molecular flexibility index (Phi) is 5.77. The standard InChI is InChI=1S/C20H21F3N2/c1-5-14(6-2)17(11-13(3)4)15-9-7-8-10-16(15)18-12-19(25-24-18)20(21,22)23/h5,7-11H,3,6,12H2,1-2,4H3/b14-5-,17-11+. The van der Waals surface area contributed by atoms with Crippen molar-refractivity contribution in [3.63, 3.8) is 0 Å². The van der Waals surface area contributed by atoms with E-state index in [4.69, 9.17) is 0 Å². The highest BCUT2D eigenvalue weighted by atomic mass is 19.4. The SMILES string of the molecule is C=C(C)/C=C(\C(=C/C)CC)c1ccccc1C1=NN=C(C(F)(F)F)C1. The van der Waals surface area contributed by atoms with Crippen molar-refractivity contribution in [2.45, 2.75) is 39.8 Å². The van der Waals surface area contributed by atoms with Crippen molar-refractivity contribution in [1.82, 2.24) is 0 Å². The fraction of sp³-hybridized carbons (Fsp3) is 0.300. The second-order valence-electron chi connectivity index (χ2n) is 5.89. The van der Waals surface area contributed by atoms with Gasteiger partial charge >= 0.3 is 6.18 Å². The number of halogens is 3. The maximum atomic E-state index is 12.9. The maximum absolute atomic E-state index is 12.9. The fourth-order valence-electron chi connectivity index (χ4n) is 2.77. The Morgan fingerprint density at radius 2 is 1.92 bits per heavy atom. The maximum Gasteiger partial charge on any atom is 0.431 e. The minimum absolute atomic E-state index is 0.307. The topological polar surface area (TPSA) is 24.7 Å². The van der Waals surface area contributed by atoms with Gasteiger partial charge in [0.05, 0.1) is 5.71 Å². The Labute approximate surface area is 146 Å². The van der Waals surface area contributed by atoms with E-state index in [0.29, 0.717) is 11.3 Å². The molecule has 1 heterocycles. The van der Waals surface area contributed by atoms with Crippen LogP contribution in [0.3, 0.4) is 0 Å². The molecule has 5 heteroatoms. The average Bonchev–Trinajstić information content (AvgIpc) is 3.05. The molecule has 0 fully saturated rings. The summed E-state index contributed by atoms with van der Waals surface area (Å²) in [6.07, 6.45) is 0.0196. The lowest BCUT2D eigenvalue weighted by Crippen LogP contribution is -2.23. The molecular formula is C20H21F3N2. The van der Waals surface area contributed by atoms with Crippen LogP contribution in [0.25, 0.3) is 5.57 Å². The van der Waals surface area contributed by atoms with Gasteiger partial charge in [0.25, 0.3) is 0 Å². The van der Waals surface area contributed by atoms with Crippen LogP contribution >= 0.6 is 0 Å². The molecule has 0 radical (unpaired) electrons. The van der Waals surface area contributed by atoms with Crippen LogP contribution in [-0.4, -0.2) is 17.6 Å². The Morgan fingerprint density at radius 3 is 2.44 bits per heavy atom. The average molecular weight is 346 g/mol. The van der Waals surface area contributed by atoms with Gasteiger partial charge in [0.15, 0.2) is 0 Å². The third-order valence-electron chi connectivity index (χ3n) is 3.95. The van der Waals surface area contributed by atoms with Gasteiger partial charge in [-0.05, 0) is 37.0 Å². The predicted octanol–water partition coefficient (Wildman–Crippen LogP) is 6.11. The molecule has 0 aromatic heterocycles. The van der Waals surface area contributed by atoms with Crippen molar-refractivity contribution in [1.29, 1.82) is 0 Å². The molecule has 132 valence electrons. The molecule has 0 saturated carbocycles. The van der Waals surface area contributed by atoms with Crippen LogP contribution in [0.1, 0.15) is 44.7 Å². The van der Waals surface area contributed by atoms with E-state index in [9.17, 15) is 13.2 Å². The second kappa shape index (κ2) is 7.64. The molecule has 1 aliphatic rings. The molecule has 0 amide bonds. The van der Waals surface area contributed by atoms with Crippen molar-refractivity contribution >= 4 is 17.0 Å². The largest absolute Gasteiger partial charge is 0.431 e. The first kappa shape index (κ1) is 18.9. The normalized spacial score (nSPS) is 15.9. The van der Waals surface area contributed by atoms with Crippen LogP contribution in [0.5, 0.6) is 0 Å². The first-order valence-electron chi connectivity index (χ1n) is 8.11. The molecule has 0 aliphatic carbocycles. The number of hydrogen-bond acceptors (Lipinski definition) is 2. The molecule has 0 N–H and O–H groups in total. The summed E-state index contributed by atoms with van der Waals surface area (Å²) < 4.78 is 38.6. The number of alkyl halides is 3. The van der Waals surface area contributed by atoms with E-state index in [1.807, 2.05) is 45.1 Å². The van der Waals surface area contributed by atoms with Gasteiger partial charge in [-0.1, -0.05) is 55.5 Å². The lowest BCUT2D eigenvalue weighted by atomic mass is 9.88. The van der Waals surface area contributed by atoms with Gasteiger partial charge in [-0.15, -0.1) is 5.10 Å². The minimum atomic E-state index is -4.45. The number of hydrogen-bond donors (Lipinski definition) is 0. The number of nitrogens with zero attached hydrogens (tertiary/aromatic N) is 2. The van der Waals surface area contributed by atoms with Crippen LogP contribution in [0.15, 0.2) is 64.3 Å². The second-order valence-corrected chi connectivity index (χ2v) is 5.89. The number of benzene rings is 1. The summed E-state index contributed by atoms with van der Waals surface area (Å²) in [6.45, 7) is 9.82. The Morgan fingerprint density at radius 1 is 1.24 bits per heavy atom. The summed E-state index contributed by atoms with van der Waals surface area (Å²) in [4.78, 5) is 0. The van der Waals surface area contributed by atoms with Gasteiger partial charge in [-0.2, -0.15) is 18.3 Å². The van der Waals surface area contributed by atoms with Gasteiger partial charge in [-0.25, -0.2) is 0 Å². The van der Waals surface area contributed by atoms with Gasteiger partial charge in [0, 0.05) is 12.0 Å². The molecule has 1 aromatic carbocycles. The van der Waals surface area contributed by atoms with Crippen LogP contribution in [0.2, 0.25) is 0 Å². The zero-order valence-electron chi connectivity index (χ0n) is 14.6. The molecule has 2 rings (SSSR count). The van der Waals surface area contributed by atoms with Crippen molar-refractivity contribution in [2.75, 3.05) is 0 Å². The molecule has 0 atom stereocenters. The predicted molar refractivity (Wildman–Crippen MR) is 97.9 cm³/mol. The molecule has 25 heavy (non-hydrogen) atoms. The zero-order chi connectivity index (χ0) is 18.6. The summed E-state index contributed by atoms with van der Waals surface area (Å²) in [5.74, 6) is 0. The van der Waals surface area contributed by atoms with Crippen LogP contribution in [0.4, 0.5) is 13.2 Å². The molecule has 0 spiro atoms. The summed E-state index contributed by atoms with van der Waals surface area (Å²) in [5, 5.41) is 7.14. The van der Waals surface area contributed by atoms with E-state index < -0.39 is 11.9 Å². The molecule has 1 aromatic rings. The first-order chi connectivity index (χ1) is 11.8. The van der Waals surface area contributed by atoms with Gasteiger partial charge < -0.3 is 0 Å². The van der Waals surface area contributed by atoms with Crippen molar-refractivity contribution in [2.24, 2.45) is 10.2 Å². The number of rotatable bonds is 5. The highest BCUT2D eigenvalue weighted by Gasteiger charge is 2.39. The number of allylic oxidation sites excluding steroid dienone is 5. The van der Waals surface area contributed by atoms with Gasteiger partial charge in [0.1, 0.15) is 5.71 Å². The molecule has 1 aliphatic heterocycles. The summed E-state index contributed by atoms with van der Waals surface area (Å²) >= 11 is 0. The Balaban J connectivity index is 2.50. The quantitative estimate of drug-likeness (QED) is 0.574. The first-order valence-corrected chi connectivity index (χ1v) is 8.11. The highest BCUT2D eigenvalue weighted by Crippen LogP contribution is 2.32. The smallest absolute Gasteiger partial charge is 0.165 e. The third-order valence-corrected chi connectivity index (χ3v) is 3.95. The molecule has 0 unspecified atom stereocenters. The fourth-order valence-corrected chi connectivity index (χ4v) is 2.77. The van der Waals surface area contributed by atoms with Crippen molar-refractivity contribution < 1.29 is 13.2 Å². The summed E-state index contributed by atoms with van der Waals surface area (Å²) in [6, 6.07) is 7.36. The Bertz CT molecular complexity index is 793. The van der Waals surface area contributed by atoms with E-state index in [1.54, 1.807) is 12.1 Å². The Hall–Kier alpha value is -2.43. The van der Waals surface area contributed by atoms with Crippen molar-refractivity contribution in [3.8, 4) is 0 Å². The summed E-state index contributed by atoms with van der Waals surface area (Å²) in [5.41, 5.74) is 3.93. The van der Waals surface area contributed by atoms with Gasteiger partial charge in [0.2, 0.25) is 0 Å². The highest BCUT2D eigenvalue weighted by molar-refractivity contribution is 6.18.